The predicted molar refractivity (Wildman–Crippen MR) is 141 cm³/mol. The van der Waals surface area contributed by atoms with Crippen LogP contribution >= 0.6 is 0 Å². The largest absolute Gasteiger partial charge is 0.474 e. The number of nitrogens with one attached hydrogen (secondary N) is 2. The highest BCUT2D eigenvalue weighted by atomic mass is 16.5. The topological polar surface area (TPSA) is 69.7 Å². The Kier molecular flexibility index (Phi) is 8.27. The summed E-state index contributed by atoms with van der Waals surface area (Å²) in [5.74, 6) is 0.614. The highest BCUT2D eigenvalue weighted by Gasteiger charge is 2.28. The molecule has 2 aliphatic rings. The van der Waals surface area contributed by atoms with Gasteiger partial charge in [0.15, 0.2) is 0 Å². The van der Waals surface area contributed by atoms with Crippen LogP contribution in [0.15, 0.2) is 42.6 Å². The third-order valence-corrected chi connectivity index (χ3v) is 7.22. The van der Waals surface area contributed by atoms with Gasteiger partial charge < -0.3 is 20.3 Å². The molecule has 1 saturated heterocycles. The molecule has 7 nitrogen and oxygen atoms in total. The van der Waals surface area contributed by atoms with Crippen molar-refractivity contribution in [2.75, 3.05) is 35.7 Å². The molecule has 2 aromatic rings. The highest BCUT2D eigenvalue weighted by Crippen LogP contribution is 2.26. The summed E-state index contributed by atoms with van der Waals surface area (Å²) in [6.07, 6.45) is 10.2. The molecule has 2 fully saturated rings. The Hall–Kier alpha value is -2.80. The normalized spacial score (nSPS) is 19.4. The van der Waals surface area contributed by atoms with E-state index in [-0.39, 0.29) is 13.6 Å². The second kappa shape index (κ2) is 11.6. The average molecular weight is 468 g/mol. The number of urea groups is 1. The molecular formula is C27H41N5O2. The molecule has 1 aromatic heterocycles. The van der Waals surface area contributed by atoms with Crippen molar-refractivity contribution in [2.45, 2.75) is 77.0 Å². The van der Waals surface area contributed by atoms with Crippen molar-refractivity contribution < 1.29 is 11.0 Å². The van der Waals surface area contributed by atoms with Crippen LogP contribution in [-0.2, 0) is 0 Å². The molecule has 1 aromatic carbocycles. The summed E-state index contributed by atoms with van der Waals surface area (Å²) >= 11 is 0. The van der Waals surface area contributed by atoms with Crippen LogP contribution in [0.5, 0.6) is 5.88 Å². The number of pyridine rings is 1. The van der Waals surface area contributed by atoms with E-state index in [4.69, 9.17) is 4.74 Å². The molecule has 2 N–H and O–H groups in total. The first-order chi connectivity index (χ1) is 16.5. The van der Waals surface area contributed by atoms with Gasteiger partial charge in [-0.05, 0) is 82.8 Å². The first-order valence-corrected chi connectivity index (χ1v) is 12.8. The number of benzene rings is 1. The third kappa shape index (κ3) is 6.41. The maximum Gasteiger partial charge on any atom is 0.323 e. The molecule has 34 heavy (non-hydrogen) atoms. The number of aromatic nitrogens is 1. The molecule has 1 saturated carbocycles. The van der Waals surface area contributed by atoms with Gasteiger partial charge in [0, 0.05) is 44.0 Å². The molecular weight excluding hydrogens is 426 g/mol. The average Bonchev–Trinajstić information content (AvgIpc) is 3.53. The Morgan fingerprint density at radius 2 is 1.85 bits per heavy atom. The molecule has 2 heterocycles. The van der Waals surface area contributed by atoms with Crippen molar-refractivity contribution in [3.63, 3.8) is 0 Å². The summed E-state index contributed by atoms with van der Waals surface area (Å²) in [5, 5.41) is 5.74. The number of carbonyl (C=O) groups excluding carboxylic acids is 1. The molecule has 2 atom stereocenters. The lowest BCUT2D eigenvalue weighted by molar-refractivity contribution is 0.187. The molecule has 2 unspecified atom stereocenters. The van der Waals surface area contributed by atoms with Gasteiger partial charge in [0.2, 0.25) is 5.88 Å². The van der Waals surface area contributed by atoms with Crippen LogP contribution in [0.4, 0.5) is 21.9 Å². The minimum atomic E-state index is -0.285. The Morgan fingerprint density at radius 3 is 2.53 bits per heavy atom. The molecule has 2 amide bonds. The summed E-state index contributed by atoms with van der Waals surface area (Å²) in [5.41, 5.74) is 2.60. The number of amides is 2. The maximum atomic E-state index is 12.4. The fourth-order valence-corrected chi connectivity index (χ4v) is 5.04. The highest BCUT2D eigenvalue weighted by molar-refractivity contribution is 5.99. The van der Waals surface area contributed by atoms with Gasteiger partial charge >= 0.3 is 6.03 Å². The number of carbonyl (C=O) groups is 1. The molecule has 4 rings (SSSR count). The van der Waals surface area contributed by atoms with Crippen LogP contribution < -0.4 is 20.3 Å². The standard InChI is InChI=1S/C27H39N5O2.H2/c1-4-7-20(2)31(3)24-16-17-32(19-24)23-13-10-21(11-14-23)29-27(33)30-22-12-15-26(28-18-22)34-25-8-5-6-9-25;/h10-15,18,20,24-25H,4-9,16-17,19H2,1-3H3,(H2,29,30,33);1H. The zero-order valence-electron chi connectivity index (χ0n) is 20.8. The SMILES string of the molecule is CCCC(C)N(C)C1CCN(c2ccc(NC(=O)Nc3ccc(OC4CCCC4)nc3)cc2)C1.[HH]. The first kappa shape index (κ1) is 24.3. The van der Waals surface area contributed by atoms with Crippen molar-refractivity contribution in [3.05, 3.63) is 42.6 Å². The van der Waals surface area contributed by atoms with Crippen molar-refractivity contribution in [2.24, 2.45) is 0 Å². The van der Waals surface area contributed by atoms with Crippen LogP contribution in [0.1, 0.15) is 60.2 Å². The Labute approximate surface area is 205 Å². The van der Waals surface area contributed by atoms with Crippen molar-refractivity contribution in [1.82, 2.24) is 9.88 Å². The van der Waals surface area contributed by atoms with E-state index in [1.54, 1.807) is 6.20 Å². The van der Waals surface area contributed by atoms with Crippen molar-refractivity contribution >= 4 is 23.1 Å². The molecule has 0 radical (unpaired) electrons. The summed E-state index contributed by atoms with van der Waals surface area (Å²) in [6.45, 7) is 6.69. The number of rotatable bonds is 9. The van der Waals surface area contributed by atoms with E-state index >= 15 is 0 Å². The number of likely N-dealkylation sites (N-methyl/N-ethyl adjacent to an activating group) is 1. The van der Waals surface area contributed by atoms with Crippen molar-refractivity contribution in [3.8, 4) is 5.88 Å². The summed E-state index contributed by atoms with van der Waals surface area (Å²) < 4.78 is 5.88. The van der Waals surface area contributed by atoms with Gasteiger partial charge in [0.1, 0.15) is 6.10 Å². The van der Waals surface area contributed by atoms with Gasteiger partial charge in [-0.1, -0.05) is 13.3 Å². The predicted octanol–water partition coefficient (Wildman–Crippen LogP) is 5.99. The maximum absolute atomic E-state index is 12.4. The van der Waals surface area contributed by atoms with Gasteiger partial charge in [-0.3, -0.25) is 4.90 Å². The molecule has 0 bridgehead atoms. The lowest BCUT2D eigenvalue weighted by atomic mass is 10.1. The molecule has 7 heteroatoms. The van der Waals surface area contributed by atoms with Crippen LogP contribution in [0.3, 0.4) is 0 Å². The second-order valence-corrected chi connectivity index (χ2v) is 9.73. The van der Waals surface area contributed by atoms with Crippen LogP contribution in [0.25, 0.3) is 0 Å². The third-order valence-electron chi connectivity index (χ3n) is 7.22. The van der Waals surface area contributed by atoms with E-state index in [0.29, 0.717) is 23.7 Å². The van der Waals surface area contributed by atoms with E-state index in [2.05, 4.69) is 58.4 Å². The van der Waals surface area contributed by atoms with E-state index in [9.17, 15) is 4.79 Å². The first-order valence-electron chi connectivity index (χ1n) is 12.8. The fraction of sp³-hybridized carbons (Fsp3) is 0.556. The van der Waals surface area contributed by atoms with E-state index in [1.165, 1.54) is 37.8 Å². The fourth-order valence-electron chi connectivity index (χ4n) is 5.04. The Morgan fingerprint density at radius 1 is 1.15 bits per heavy atom. The summed E-state index contributed by atoms with van der Waals surface area (Å²) in [6, 6.07) is 12.7. The Balaban J connectivity index is 0.00000342. The van der Waals surface area contributed by atoms with Crippen molar-refractivity contribution in [1.29, 1.82) is 0 Å². The quantitative estimate of drug-likeness (QED) is 0.474. The van der Waals surface area contributed by atoms with Gasteiger partial charge in [0.05, 0.1) is 11.9 Å². The molecule has 1 aliphatic heterocycles. The van der Waals surface area contributed by atoms with Gasteiger partial charge in [-0.15, -0.1) is 0 Å². The van der Waals surface area contributed by atoms with Gasteiger partial charge in [-0.2, -0.15) is 0 Å². The second-order valence-electron chi connectivity index (χ2n) is 9.73. The number of ether oxygens (including phenoxy) is 1. The van der Waals surface area contributed by atoms with Crippen LogP contribution in [-0.4, -0.2) is 54.2 Å². The lowest BCUT2D eigenvalue weighted by Gasteiger charge is -2.30. The van der Waals surface area contributed by atoms with Gasteiger partial charge in [0.25, 0.3) is 0 Å². The molecule has 1 aliphatic carbocycles. The summed E-state index contributed by atoms with van der Waals surface area (Å²) in [7, 11) is 2.26. The number of hydrogen-bond donors (Lipinski definition) is 2. The minimum Gasteiger partial charge on any atom is -0.474 e. The molecule has 0 spiro atoms. The minimum absolute atomic E-state index is 0. The lowest BCUT2D eigenvalue weighted by Crippen LogP contribution is -2.40. The van der Waals surface area contributed by atoms with E-state index < -0.39 is 0 Å². The monoisotopic (exact) mass is 467 g/mol. The smallest absolute Gasteiger partial charge is 0.323 e. The number of nitrogens with zero attached hydrogens (tertiary/aromatic N) is 3. The summed E-state index contributed by atoms with van der Waals surface area (Å²) in [4.78, 5) is 21.7. The zero-order valence-corrected chi connectivity index (χ0v) is 20.8. The van der Waals surface area contributed by atoms with Crippen LogP contribution in [0, 0.1) is 0 Å². The van der Waals surface area contributed by atoms with Gasteiger partial charge in [-0.25, -0.2) is 9.78 Å². The molecule has 186 valence electrons. The van der Waals surface area contributed by atoms with E-state index in [0.717, 1.165) is 31.6 Å². The number of anilines is 3. The zero-order chi connectivity index (χ0) is 23.9. The number of hydrogen-bond acceptors (Lipinski definition) is 5. The Bertz CT molecular complexity index is 918. The van der Waals surface area contributed by atoms with E-state index in [1.807, 2.05) is 24.3 Å². The van der Waals surface area contributed by atoms with Crippen LogP contribution in [0.2, 0.25) is 0 Å².